The summed E-state index contributed by atoms with van der Waals surface area (Å²) >= 11 is 6.61. The van der Waals surface area contributed by atoms with Gasteiger partial charge in [0, 0.05) is 43.2 Å². The molecule has 2 heterocycles. The summed E-state index contributed by atoms with van der Waals surface area (Å²) in [6.07, 6.45) is 3.39. The van der Waals surface area contributed by atoms with E-state index in [0.29, 0.717) is 36.2 Å². The summed E-state index contributed by atoms with van der Waals surface area (Å²) in [5, 5.41) is 3.88. The number of carbonyl (C=O) groups excluding carboxylic acids is 1. The van der Waals surface area contributed by atoms with Gasteiger partial charge in [0.25, 0.3) is 5.91 Å². The number of nitrogens with zero attached hydrogens (tertiary/aromatic N) is 2. The van der Waals surface area contributed by atoms with Crippen molar-refractivity contribution in [3.8, 4) is 11.5 Å². The van der Waals surface area contributed by atoms with Crippen LogP contribution < -0.4 is 24.6 Å². The van der Waals surface area contributed by atoms with Crippen LogP contribution in [0.2, 0.25) is 5.02 Å². The van der Waals surface area contributed by atoms with Gasteiger partial charge in [0.05, 0.1) is 11.6 Å². The second kappa shape index (κ2) is 11.1. The zero-order valence-corrected chi connectivity index (χ0v) is 21.4. The normalized spacial score (nSPS) is 14.6. The molecule has 36 heavy (non-hydrogen) atoms. The first-order chi connectivity index (χ1) is 17.6. The smallest absolute Gasteiger partial charge is 0.264 e. The molecule has 0 spiro atoms. The van der Waals surface area contributed by atoms with Crippen LogP contribution in [0.4, 0.5) is 17.1 Å². The molecule has 1 saturated heterocycles. The Balaban J connectivity index is 1.23. The van der Waals surface area contributed by atoms with Gasteiger partial charge in [0.2, 0.25) is 0 Å². The number of ether oxygens (including phenoxy) is 2. The van der Waals surface area contributed by atoms with Crippen molar-refractivity contribution in [1.82, 2.24) is 0 Å². The highest BCUT2D eigenvalue weighted by atomic mass is 35.5. The van der Waals surface area contributed by atoms with Crippen molar-refractivity contribution < 1.29 is 14.3 Å². The molecule has 188 valence electrons. The Kier molecular flexibility index (Phi) is 7.52. The van der Waals surface area contributed by atoms with Crippen LogP contribution in [0.1, 0.15) is 30.9 Å². The Morgan fingerprint density at radius 3 is 2.56 bits per heavy atom. The zero-order chi connectivity index (χ0) is 24.9. The molecule has 7 heteroatoms. The Morgan fingerprint density at radius 2 is 1.78 bits per heavy atom. The minimum atomic E-state index is -0.102. The summed E-state index contributed by atoms with van der Waals surface area (Å²) in [4.78, 5) is 17.1. The van der Waals surface area contributed by atoms with Gasteiger partial charge in [-0.15, -0.1) is 0 Å². The molecular formula is C29H32ClN3O3. The van der Waals surface area contributed by atoms with Gasteiger partial charge in [0.1, 0.15) is 0 Å². The predicted molar refractivity (Wildman–Crippen MR) is 146 cm³/mol. The van der Waals surface area contributed by atoms with E-state index >= 15 is 0 Å². The molecule has 0 bridgehead atoms. The SMILES string of the molecule is CCOc1cc(CNc2ccc(N3CCCC3)cc2)cc(Cl)c1OCC(=O)N1CCc2ccccc21. The van der Waals surface area contributed by atoms with Crippen LogP contribution in [-0.4, -0.2) is 38.8 Å². The van der Waals surface area contributed by atoms with Crippen LogP contribution in [0.15, 0.2) is 60.7 Å². The molecular weight excluding hydrogens is 474 g/mol. The third-order valence-electron chi connectivity index (χ3n) is 6.73. The van der Waals surface area contributed by atoms with Gasteiger partial charge >= 0.3 is 0 Å². The van der Waals surface area contributed by atoms with E-state index in [0.717, 1.165) is 36.4 Å². The van der Waals surface area contributed by atoms with Crippen LogP contribution in [0.5, 0.6) is 11.5 Å². The summed E-state index contributed by atoms with van der Waals surface area (Å²) in [5.74, 6) is 0.848. The van der Waals surface area contributed by atoms with E-state index in [2.05, 4.69) is 40.5 Å². The Hall–Kier alpha value is -3.38. The van der Waals surface area contributed by atoms with Crippen molar-refractivity contribution in [3.05, 3.63) is 76.8 Å². The molecule has 0 aromatic heterocycles. The third kappa shape index (κ3) is 5.39. The largest absolute Gasteiger partial charge is 0.490 e. The van der Waals surface area contributed by atoms with Crippen LogP contribution in [0, 0.1) is 0 Å². The number of carbonyl (C=O) groups is 1. The lowest BCUT2D eigenvalue weighted by atomic mass is 10.2. The van der Waals surface area contributed by atoms with E-state index in [4.69, 9.17) is 21.1 Å². The molecule has 3 aromatic carbocycles. The Labute approximate surface area is 217 Å². The minimum absolute atomic E-state index is 0.0958. The van der Waals surface area contributed by atoms with E-state index in [9.17, 15) is 4.79 Å². The van der Waals surface area contributed by atoms with Gasteiger partial charge in [-0.3, -0.25) is 4.79 Å². The monoisotopic (exact) mass is 505 g/mol. The maximum absolute atomic E-state index is 12.9. The van der Waals surface area contributed by atoms with E-state index in [1.54, 1.807) is 4.90 Å². The number of fused-ring (bicyclic) bond motifs is 1. The fourth-order valence-electron chi connectivity index (χ4n) is 4.91. The van der Waals surface area contributed by atoms with Gasteiger partial charge in [-0.2, -0.15) is 0 Å². The second-order valence-corrected chi connectivity index (χ2v) is 9.55. The van der Waals surface area contributed by atoms with Crippen LogP contribution in [0.3, 0.4) is 0 Å². The Morgan fingerprint density at radius 1 is 1.00 bits per heavy atom. The summed E-state index contributed by atoms with van der Waals surface area (Å²) < 4.78 is 11.7. The average molecular weight is 506 g/mol. The van der Waals surface area contributed by atoms with E-state index in [-0.39, 0.29) is 12.5 Å². The van der Waals surface area contributed by atoms with Crippen molar-refractivity contribution in [3.63, 3.8) is 0 Å². The van der Waals surface area contributed by atoms with Crippen LogP contribution in [0.25, 0.3) is 0 Å². The van der Waals surface area contributed by atoms with Gasteiger partial charge in [-0.1, -0.05) is 29.8 Å². The maximum atomic E-state index is 12.9. The Bertz CT molecular complexity index is 1210. The van der Waals surface area contributed by atoms with Crippen molar-refractivity contribution in [2.45, 2.75) is 32.7 Å². The van der Waals surface area contributed by atoms with E-state index in [1.165, 1.54) is 24.1 Å². The fraction of sp³-hybridized carbons (Fsp3) is 0.345. The highest BCUT2D eigenvalue weighted by Gasteiger charge is 2.25. The lowest BCUT2D eigenvalue weighted by Gasteiger charge is -2.20. The van der Waals surface area contributed by atoms with E-state index in [1.807, 2.05) is 37.3 Å². The number of hydrogen-bond acceptors (Lipinski definition) is 5. The molecule has 0 aliphatic carbocycles. The molecule has 1 N–H and O–H groups in total. The molecule has 1 amide bonds. The number of amides is 1. The molecule has 2 aliphatic rings. The minimum Gasteiger partial charge on any atom is -0.490 e. The third-order valence-corrected chi connectivity index (χ3v) is 7.01. The van der Waals surface area contributed by atoms with Gasteiger partial charge in [-0.25, -0.2) is 0 Å². The maximum Gasteiger partial charge on any atom is 0.264 e. The second-order valence-electron chi connectivity index (χ2n) is 9.15. The van der Waals surface area contributed by atoms with E-state index < -0.39 is 0 Å². The summed E-state index contributed by atoms with van der Waals surface area (Å²) in [6, 6.07) is 20.3. The molecule has 0 radical (unpaired) electrons. The summed E-state index contributed by atoms with van der Waals surface area (Å²) in [7, 11) is 0. The molecule has 3 aromatic rings. The first-order valence-corrected chi connectivity index (χ1v) is 13.1. The molecule has 1 fully saturated rings. The number of anilines is 3. The number of para-hydroxylation sites is 1. The van der Waals surface area contributed by atoms with Crippen molar-refractivity contribution in [2.75, 3.05) is 48.0 Å². The molecule has 0 unspecified atom stereocenters. The molecule has 0 saturated carbocycles. The standard InChI is InChI=1S/C29H32ClN3O3/c1-2-35-27-18-21(19-31-23-9-11-24(12-10-23)32-14-5-6-15-32)17-25(30)29(27)36-20-28(34)33-16-13-22-7-3-4-8-26(22)33/h3-4,7-12,17-18,31H,2,5-6,13-16,19-20H2,1H3. The van der Waals surface area contributed by atoms with Gasteiger partial charge in [-0.05, 0) is 79.8 Å². The van der Waals surface area contributed by atoms with Crippen molar-refractivity contribution in [1.29, 1.82) is 0 Å². The quantitative estimate of drug-likeness (QED) is 0.391. The number of benzene rings is 3. The number of rotatable bonds is 9. The highest BCUT2D eigenvalue weighted by Crippen LogP contribution is 2.37. The summed E-state index contributed by atoms with van der Waals surface area (Å²) in [5.41, 5.74) is 5.43. The first kappa shape index (κ1) is 24.3. The number of nitrogens with one attached hydrogen (secondary N) is 1. The van der Waals surface area contributed by atoms with Crippen molar-refractivity contribution >= 4 is 34.6 Å². The predicted octanol–water partition coefficient (Wildman–Crippen LogP) is 5.92. The molecule has 5 rings (SSSR count). The average Bonchev–Trinajstić information content (AvgIpc) is 3.58. The molecule has 6 nitrogen and oxygen atoms in total. The van der Waals surface area contributed by atoms with Crippen LogP contribution >= 0.6 is 11.6 Å². The lowest BCUT2D eigenvalue weighted by molar-refractivity contribution is -0.120. The van der Waals surface area contributed by atoms with Crippen molar-refractivity contribution in [2.24, 2.45) is 0 Å². The summed E-state index contributed by atoms with van der Waals surface area (Å²) in [6.45, 7) is 5.80. The van der Waals surface area contributed by atoms with Crippen LogP contribution in [-0.2, 0) is 17.8 Å². The van der Waals surface area contributed by atoms with Gasteiger partial charge in [0.15, 0.2) is 18.1 Å². The molecule has 0 atom stereocenters. The highest BCUT2D eigenvalue weighted by molar-refractivity contribution is 6.32. The number of halogens is 1. The first-order valence-electron chi connectivity index (χ1n) is 12.7. The lowest BCUT2D eigenvalue weighted by Crippen LogP contribution is -2.33. The fourth-order valence-corrected chi connectivity index (χ4v) is 5.19. The molecule has 2 aliphatic heterocycles. The zero-order valence-electron chi connectivity index (χ0n) is 20.6. The topological polar surface area (TPSA) is 54.0 Å². The number of hydrogen-bond donors (Lipinski definition) is 1. The van der Waals surface area contributed by atoms with Gasteiger partial charge < -0.3 is 24.6 Å².